The van der Waals surface area contributed by atoms with Crippen LogP contribution in [0.4, 0.5) is 0 Å². The van der Waals surface area contributed by atoms with Crippen molar-refractivity contribution in [1.29, 1.82) is 0 Å². The largest absolute Gasteiger partial charge is 0.496 e. The van der Waals surface area contributed by atoms with Crippen LogP contribution in [0.2, 0.25) is 0 Å². The van der Waals surface area contributed by atoms with Gasteiger partial charge in [0.1, 0.15) is 17.5 Å². The number of ether oxygens (including phenoxy) is 2. The molecule has 2 atom stereocenters. The quantitative estimate of drug-likeness (QED) is 0.314. The molecule has 1 rings (SSSR count). The first-order valence-corrected chi connectivity index (χ1v) is 6.84. The second-order valence-electron chi connectivity index (χ2n) is 4.70. The number of para-hydroxylation sites is 1. The van der Waals surface area contributed by atoms with E-state index in [9.17, 15) is 19.7 Å². The van der Waals surface area contributed by atoms with Crippen LogP contribution in [0.25, 0.3) is 0 Å². The molecule has 7 nitrogen and oxygen atoms in total. The average molecular weight is 309 g/mol. The Hall–Kier alpha value is -2.44. The molecule has 0 amide bonds. The van der Waals surface area contributed by atoms with Crippen molar-refractivity contribution < 1.29 is 24.0 Å². The lowest BCUT2D eigenvalue weighted by Crippen LogP contribution is -2.34. The van der Waals surface area contributed by atoms with Gasteiger partial charge in [-0.3, -0.25) is 19.7 Å². The molecule has 0 aliphatic heterocycles. The van der Waals surface area contributed by atoms with E-state index in [1.54, 1.807) is 31.2 Å². The summed E-state index contributed by atoms with van der Waals surface area (Å²) in [6.45, 7) is 2.37. The van der Waals surface area contributed by atoms with Crippen molar-refractivity contribution in [2.24, 2.45) is 5.92 Å². The van der Waals surface area contributed by atoms with E-state index in [0.29, 0.717) is 11.3 Å². The van der Waals surface area contributed by atoms with Crippen molar-refractivity contribution in [3.8, 4) is 5.75 Å². The van der Waals surface area contributed by atoms with Crippen molar-refractivity contribution in [3.05, 3.63) is 39.9 Å². The molecule has 0 saturated heterocycles. The molecule has 0 aliphatic rings. The topological polar surface area (TPSA) is 95.7 Å². The van der Waals surface area contributed by atoms with E-state index in [-0.39, 0.29) is 6.61 Å². The van der Waals surface area contributed by atoms with Gasteiger partial charge in [-0.15, -0.1) is 0 Å². The minimum atomic E-state index is -1.23. The van der Waals surface area contributed by atoms with Gasteiger partial charge >= 0.3 is 5.97 Å². The number of esters is 1. The maximum Gasteiger partial charge on any atom is 0.317 e. The van der Waals surface area contributed by atoms with Crippen molar-refractivity contribution in [3.63, 3.8) is 0 Å². The van der Waals surface area contributed by atoms with E-state index >= 15 is 0 Å². The lowest BCUT2D eigenvalue weighted by molar-refractivity contribution is -0.484. The van der Waals surface area contributed by atoms with Crippen LogP contribution in [0.5, 0.6) is 5.75 Å². The Kier molecular flexibility index (Phi) is 6.49. The summed E-state index contributed by atoms with van der Waals surface area (Å²) < 4.78 is 10.1. The zero-order valence-electron chi connectivity index (χ0n) is 12.8. The number of ketones is 1. The number of hydrogen-bond acceptors (Lipinski definition) is 6. The lowest BCUT2D eigenvalue weighted by atomic mass is 9.83. The second kappa shape index (κ2) is 8.11. The summed E-state index contributed by atoms with van der Waals surface area (Å²) >= 11 is 0. The van der Waals surface area contributed by atoms with Gasteiger partial charge in [0.15, 0.2) is 0 Å². The molecule has 0 heterocycles. The van der Waals surface area contributed by atoms with E-state index in [4.69, 9.17) is 9.47 Å². The fourth-order valence-electron chi connectivity index (χ4n) is 2.36. The predicted molar refractivity (Wildman–Crippen MR) is 78.4 cm³/mol. The molecule has 7 heteroatoms. The van der Waals surface area contributed by atoms with Gasteiger partial charge in [0, 0.05) is 10.5 Å². The molecule has 1 aromatic rings. The van der Waals surface area contributed by atoms with Crippen LogP contribution in [0, 0.1) is 16.0 Å². The number of nitrogens with zero attached hydrogens (tertiary/aromatic N) is 1. The molecule has 0 unspecified atom stereocenters. The van der Waals surface area contributed by atoms with E-state index in [1.807, 2.05) is 0 Å². The summed E-state index contributed by atoms with van der Waals surface area (Å²) in [7, 11) is 1.43. The molecule has 0 bridgehead atoms. The van der Waals surface area contributed by atoms with Crippen molar-refractivity contribution >= 4 is 11.8 Å². The molecule has 0 aliphatic carbocycles. The maximum absolute atomic E-state index is 12.1. The number of benzene rings is 1. The van der Waals surface area contributed by atoms with Crippen LogP contribution in [0.1, 0.15) is 25.3 Å². The summed E-state index contributed by atoms with van der Waals surface area (Å²) in [6.07, 6.45) is 0. The number of methoxy groups -OCH3 is 1. The number of carbonyl (C=O) groups excluding carboxylic acids is 2. The summed E-state index contributed by atoms with van der Waals surface area (Å²) in [5.74, 6) is -3.02. The standard InChI is InChI=1S/C15H19NO6/c1-4-22-15(18)14(10(2)17)12(9-16(19)20)11-7-5-6-8-13(11)21-3/h5-8,12,14H,4,9H2,1-3H3/t12-,14-/m1/s1. The lowest BCUT2D eigenvalue weighted by Gasteiger charge is -2.22. The predicted octanol–water partition coefficient (Wildman–Crippen LogP) is 1.82. The fraction of sp³-hybridized carbons (Fsp3) is 0.467. The Morgan fingerprint density at radius 1 is 1.32 bits per heavy atom. The van der Waals surface area contributed by atoms with Crippen molar-refractivity contribution in [2.75, 3.05) is 20.3 Å². The van der Waals surface area contributed by atoms with Gasteiger partial charge in [-0.1, -0.05) is 18.2 Å². The minimum Gasteiger partial charge on any atom is -0.496 e. The number of nitro groups is 1. The van der Waals surface area contributed by atoms with E-state index in [1.165, 1.54) is 14.0 Å². The molecule has 0 saturated carbocycles. The SMILES string of the molecule is CCOC(=O)[C@H](C(C)=O)[C@H](C[N+](=O)[O-])c1ccccc1OC. The van der Waals surface area contributed by atoms with Crippen molar-refractivity contribution in [1.82, 2.24) is 0 Å². The van der Waals surface area contributed by atoms with Gasteiger partial charge in [0.25, 0.3) is 0 Å². The third kappa shape index (κ3) is 4.28. The zero-order valence-corrected chi connectivity index (χ0v) is 12.8. The van der Waals surface area contributed by atoms with E-state index < -0.39 is 35.1 Å². The summed E-state index contributed by atoms with van der Waals surface area (Å²) in [5.41, 5.74) is 0.440. The first-order chi connectivity index (χ1) is 10.4. The number of rotatable bonds is 8. The van der Waals surface area contributed by atoms with Crippen LogP contribution in [0.3, 0.4) is 0 Å². The highest BCUT2D eigenvalue weighted by Gasteiger charge is 2.39. The van der Waals surface area contributed by atoms with Gasteiger partial charge in [-0.2, -0.15) is 0 Å². The van der Waals surface area contributed by atoms with E-state index in [0.717, 1.165) is 0 Å². The second-order valence-corrected chi connectivity index (χ2v) is 4.70. The van der Waals surface area contributed by atoms with Crippen LogP contribution < -0.4 is 4.74 Å². The van der Waals surface area contributed by atoms with Crippen LogP contribution in [-0.4, -0.2) is 36.9 Å². The van der Waals surface area contributed by atoms with Crippen molar-refractivity contribution in [2.45, 2.75) is 19.8 Å². The minimum absolute atomic E-state index is 0.0969. The molecule has 120 valence electrons. The highest BCUT2D eigenvalue weighted by atomic mass is 16.6. The Morgan fingerprint density at radius 3 is 2.45 bits per heavy atom. The Morgan fingerprint density at radius 2 is 1.95 bits per heavy atom. The highest BCUT2D eigenvalue weighted by Crippen LogP contribution is 2.33. The molecular weight excluding hydrogens is 290 g/mol. The third-order valence-corrected chi connectivity index (χ3v) is 3.27. The molecule has 0 N–H and O–H groups in total. The maximum atomic E-state index is 12.1. The van der Waals surface area contributed by atoms with Gasteiger partial charge in [0.05, 0.1) is 19.6 Å². The first kappa shape index (κ1) is 17.6. The summed E-state index contributed by atoms with van der Waals surface area (Å²) in [6, 6.07) is 6.62. The summed E-state index contributed by atoms with van der Waals surface area (Å²) in [4.78, 5) is 34.4. The highest BCUT2D eigenvalue weighted by molar-refractivity contribution is 5.99. The van der Waals surface area contributed by atoms with Gasteiger partial charge < -0.3 is 9.47 Å². The number of carbonyl (C=O) groups is 2. The molecule has 0 spiro atoms. The fourth-order valence-corrected chi connectivity index (χ4v) is 2.36. The smallest absolute Gasteiger partial charge is 0.317 e. The number of hydrogen-bond donors (Lipinski definition) is 0. The Bertz CT molecular complexity index is 557. The Balaban J connectivity index is 3.33. The van der Waals surface area contributed by atoms with Crippen LogP contribution in [0.15, 0.2) is 24.3 Å². The first-order valence-electron chi connectivity index (χ1n) is 6.84. The molecule has 1 aromatic carbocycles. The van der Waals surface area contributed by atoms with E-state index in [2.05, 4.69) is 0 Å². The third-order valence-electron chi connectivity index (χ3n) is 3.27. The number of Topliss-reactive ketones (excluding diaryl/α,β-unsaturated/α-hetero) is 1. The monoisotopic (exact) mass is 309 g/mol. The molecule has 0 aromatic heterocycles. The summed E-state index contributed by atoms with van der Waals surface area (Å²) in [5, 5.41) is 11.0. The molecule has 0 fully saturated rings. The Labute approximate surface area is 128 Å². The molecular formula is C15H19NO6. The van der Waals surface area contributed by atoms with Gasteiger partial charge in [-0.25, -0.2) is 0 Å². The van der Waals surface area contributed by atoms with Gasteiger partial charge in [0.2, 0.25) is 6.54 Å². The normalized spacial score (nSPS) is 13.0. The van der Waals surface area contributed by atoms with Crippen LogP contribution in [-0.2, 0) is 14.3 Å². The average Bonchev–Trinajstić information content (AvgIpc) is 2.46. The van der Waals surface area contributed by atoms with Crippen LogP contribution >= 0.6 is 0 Å². The zero-order chi connectivity index (χ0) is 16.7. The van der Waals surface area contributed by atoms with Gasteiger partial charge in [-0.05, 0) is 19.9 Å². The molecule has 0 radical (unpaired) electrons. The molecule has 22 heavy (non-hydrogen) atoms.